The lowest BCUT2D eigenvalue weighted by Gasteiger charge is -2.00. The summed E-state index contributed by atoms with van der Waals surface area (Å²) in [4.78, 5) is 0. The fraction of sp³-hybridized carbons (Fsp3) is 0.154. The lowest BCUT2D eigenvalue weighted by molar-refractivity contribution is 0.342. The average Bonchev–Trinajstić information content (AvgIpc) is 2.76. The molecule has 88 valence electrons. The summed E-state index contributed by atoms with van der Waals surface area (Å²) in [7, 11) is 1.85. The molecule has 0 spiro atoms. The van der Waals surface area contributed by atoms with Gasteiger partial charge in [0.1, 0.15) is 5.83 Å². The van der Waals surface area contributed by atoms with Crippen LogP contribution in [0.3, 0.4) is 0 Å². The van der Waals surface area contributed by atoms with Crippen molar-refractivity contribution < 1.29 is 9.50 Å². The Kier molecular flexibility index (Phi) is 3.35. The SMILES string of the molecule is Cn1ccc(-c2ccc(/C(F)=C/CO)cc2)n1. The number of rotatable bonds is 3. The van der Waals surface area contributed by atoms with Gasteiger partial charge in [0.2, 0.25) is 0 Å². The summed E-state index contributed by atoms with van der Waals surface area (Å²) in [5.74, 6) is -0.417. The van der Waals surface area contributed by atoms with E-state index in [9.17, 15) is 4.39 Å². The number of aromatic nitrogens is 2. The maximum absolute atomic E-state index is 13.4. The highest BCUT2D eigenvalue weighted by molar-refractivity contribution is 5.65. The van der Waals surface area contributed by atoms with Crippen LogP contribution in [-0.4, -0.2) is 21.5 Å². The summed E-state index contributed by atoms with van der Waals surface area (Å²) in [5, 5.41) is 12.9. The summed E-state index contributed by atoms with van der Waals surface area (Å²) in [6.45, 7) is -0.298. The molecule has 1 heterocycles. The second kappa shape index (κ2) is 4.93. The van der Waals surface area contributed by atoms with Gasteiger partial charge in [0.25, 0.3) is 0 Å². The lowest BCUT2D eigenvalue weighted by atomic mass is 10.1. The van der Waals surface area contributed by atoms with Gasteiger partial charge < -0.3 is 5.11 Å². The van der Waals surface area contributed by atoms with E-state index in [4.69, 9.17) is 5.11 Å². The molecule has 0 aliphatic heterocycles. The number of hydrogen-bond acceptors (Lipinski definition) is 2. The fourth-order valence-electron chi connectivity index (χ4n) is 1.57. The van der Waals surface area contributed by atoms with Crippen molar-refractivity contribution >= 4 is 5.83 Å². The molecule has 0 saturated heterocycles. The third-order valence-corrected chi connectivity index (χ3v) is 2.44. The zero-order valence-electron chi connectivity index (χ0n) is 9.47. The Hall–Kier alpha value is -1.94. The molecule has 2 rings (SSSR count). The smallest absolute Gasteiger partial charge is 0.128 e. The Morgan fingerprint density at radius 1 is 1.35 bits per heavy atom. The number of aliphatic hydroxyl groups is 1. The van der Waals surface area contributed by atoms with E-state index < -0.39 is 5.83 Å². The zero-order chi connectivity index (χ0) is 12.3. The highest BCUT2D eigenvalue weighted by atomic mass is 19.1. The molecule has 2 aromatic rings. The van der Waals surface area contributed by atoms with Gasteiger partial charge in [-0.05, 0) is 12.1 Å². The molecule has 0 amide bonds. The third kappa shape index (κ3) is 2.60. The summed E-state index contributed by atoms with van der Waals surface area (Å²) >= 11 is 0. The molecule has 0 unspecified atom stereocenters. The van der Waals surface area contributed by atoms with Crippen molar-refractivity contribution in [2.45, 2.75) is 0 Å². The van der Waals surface area contributed by atoms with E-state index in [1.807, 2.05) is 31.4 Å². The van der Waals surface area contributed by atoms with Gasteiger partial charge in [-0.15, -0.1) is 0 Å². The Morgan fingerprint density at radius 2 is 2.06 bits per heavy atom. The van der Waals surface area contributed by atoms with E-state index in [-0.39, 0.29) is 6.61 Å². The molecule has 1 aromatic heterocycles. The van der Waals surface area contributed by atoms with E-state index >= 15 is 0 Å². The molecular weight excluding hydrogens is 219 g/mol. The predicted molar refractivity (Wildman–Crippen MR) is 64.8 cm³/mol. The Bertz CT molecular complexity index is 529. The van der Waals surface area contributed by atoms with Crippen LogP contribution in [0.25, 0.3) is 17.1 Å². The maximum atomic E-state index is 13.4. The first-order valence-corrected chi connectivity index (χ1v) is 5.27. The van der Waals surface area contributed by atoms with Crippen LogP contribution in [0.2, 0.25) is 0 Å². The standard InChI is InChI=1S/C13H13FN2O/c1-16-8-6-13(15-16)11-4-2-10(3-5-11)12(14)7-9-17/h2-8,17H,9H2,1H3/b12-7-. The molecule has 0 atom stereocenters. The highest BCUT2D eigenvalue weighted by Gasteiger charge is 2.03. The van der Waals surface area contributed by atoms with Crippen LogP contribution in [0.15, 0.2) is 42.6 Å². The van der Waals surface area contributed by atoms with Gasteiger partial charge >= 0.3 is 0 Å². The van der Waals surface area contributed by atoms with Crippen molar-refractivity contribution in [3.8, 4) is 11.3 Å². The van der Waals surface area contributed by atoms with Crippen molar-refractivity contribution in [2.24, 2.45) is 7.05 Å². The number of aryl methyl sites for hydroxylation is 1. The molecule has 1 aromatic carbocycles. The minimum absolute atomic E-state index is 0.298. The van der Waals surface area contributed by atoms with Gasteiger partial charge in [-0.2, -0.15) is 5.10 Å². The maximum Gasteiger partial charge on any atom is 0.128 e. The first-order valence-electron chi connectivity index (χ1n) is 5.27. The van der Waals surface area contributed by atoms with Crippen LogP contribution in [0.1, 0.15) is 5.56 Å². The molecule has 1 N–H and O–H groups in total. The summed E-state index contributed by atoms with van der Waals surface area (Å²) < 4.78 is 15.1. The number of nitrogens with zero attached hydrogens (tertiary/aromatic N) is 2. The largest absolute Gasteiger partial charge is 0.392 e. The zero-order valence-corrected chi connectivity index (χ0v) is 9.47. The average molecular weight is 232 g/mol. The third-order valence-electron chi connectivity index (χ3n) is 2.44. The van der Waals surface area contributed by atoms with Crippen LogP contribution in [0, 0.1) is 0 Å². The topological polar surface area (TPSA) is 38.0 Å². The Balaban J connectivity index is 2.27. The van der Waals surface area contributed by atoms with Crippen molar-refractivity contribution in [1.82, 2.24) is 9.78 Å². The summed E-state index contributed by atoms with van der Waals surface area (Å²) in [6.07, 6.45) is 2.99. The number of benzene rings is 1. The van der Waals surface area contributed by atoms with Crippen LogP contribution < -0.4 is 0 Å². The summed E-state index contributed by atoms with van der Waals surface area (Å²) in [5.41, 5.74) is 2.25. The van der Waals surface area contributed by atoms with Crippen molar-refractivity contribution in [3.05, 3.63) is 48.2 Å². The minimum Gasteiger partial charge on any atom is -0.392 e. The van der Waals surface area contributed by atoms with Crippen LogP contribution >= 0.6 is 0 Å². The second-order valence-electron chi connectivity index (χ2n) is 3.69. The van der Waals surface area contributed by atoms with Crippen molar-refractivity contribution in [2.75, 3.05) is 6.61 Å². The minimum atomic E-state index is -0.417. The molecule has 0 fully saturated rings. The first kappa shape index (κ1) is 11.5. The molecular formula is C13H13FN2O. The van der Waals surface area contributed by atoms with Gasteiger partial charge in [0.05, 0.1) is 12.3 Å². The first-order chi connectivity index (χ1) is 8.20. The number of aliphatic hydroxyl groups excluding tert-OH is 1. The second-order valence-corrected chi connectivity index (χ2v) is 3.69. The van der Waals surface area contributed by atoms with Gasteiger partial charge in [-0.25, -0.2) is 4.39 Å². The molecule has 0 bridgehead atoms. The molecule has 0 aliphatic carbocycles. The summed E-state index contributed by atoms with van der Waals surface area (Å²) in [6, 6.07) is 8.86. The van der Waals surface area contributed by atoms with E-state index in [1.165, 1.54) is 0 Å². The molecule has 4 heteroatoms. The molecule has 3 nitrogen and oxygen atoms in total. The molecule has 0 saturated carbocycles. The lowest BCUT2D eigenvalue weighted by Crippen LogP contribution is -1.88. The molecule has 17 heavy (non-hydrogen) atoms. The monoisotopic (exact) mass is 232 g/mol. The molecule has 0 aliphatic rings. The van der Waals surface area contributed by atoms with Gasteiger partial charge in [-0.1, -0.05) is 24.3 Å². The van der Waals surface area contributed by atoms with Gasteiger partial charge in [0, 0.05) is 24.4 Å². The number of halogens is 1. The molecule has 0 radical (unpaired) electrons. The van der Waals surface area contributed by atoms with Gasteiger partial charge in [-0.3, -0.25) is 4.68 Å². The van der Waals surface area contributed by atoms with E-state index in [2.05, 4.69) is 5.10 Å². The quantitative estimate of drug-likeness (QED) is 0.882. The normalized spacial score (nSPS) is 11.8. The number of hydrogen-bond donors (Lipinski definition) is 1. The highest BCUT2D eigenvalue weighted by Crippen LogP contribution is 2.21. The van der Waals surface area contributed by atoms with E-state index in [0.717, 1.165) is 17.3 Å². The van der Waals surface area contributed by atoms with Gasteiger partial charge in [0.15, 0.2) is 0 Å². The van der Waals surface area contributed by atoms with Crippen LogP contribution in [-0.2, 0) is 7.05 Å². The predicted octanol–water partition coefficient (Wildman–Crippen LogP) is 2.39. The van der Waals surface area contributed by atoms with E-state index in [0.29, 0.717) is 5.56 Å². The van der Waals surface area contributed by atoms with Crippen molar-refractivity contribution in [3.63, 3.8) is 0 Å². The Labute approximate surface area is 98.8 Å². The van der Waals surface area contributed by atoms with Crippen molar-refractivity contribution in [1.29, 1.82) is 0 Å². The van der Waals surface area contributed by atoms with Crippen LogP contribution in [0.5, 0.6) is 0 Å². The van der Waals surface area contributed by atoms with E-state index in [1.54, 1.807) is 16.8 Å². The fourth-order valence-corrected chi connectivity index (χ4v) is 1.57. The Morgan fingerprint density at radius 3 is 2.59 bits per heavy atom. The van der Waals surface area contributed by atoms with Crippen LogP contribution in [0.4, 0.5) is 4.39 Å².